The number of benzene rings is 1. The van der Waals surface area contributed by atoms with Crippen LogP contribution in [0.15, 0.2) is 47.1 Å². The first-order valence-electron chi connectivity index (χ1n) is 8.14. The van der Waals surface area contributed by atoms with Crippen LogP contribution < -0.4 is 5.32 Å². The van der Waals surface area contributed by atoms with E-state index in [0.29, 0.717) is 24.9 Å². The summed E-state index contributed by atoms with van der Waals surface area (Å²) in [5, 5.41) is 2.68. The van der Waals surface area contributed by atoms with Crippen molar-refractivity contribution in [1.29, 1.82) is 0 Å². The third kappa shape index (κ3) is 3.89. The maximum atomic E-state index is 12.6. The van der Waals surface area contributed by atoms with Gasteiger partial charge in [0.05, 0.1) is 11.8 Å². The predicted molar refractivity (Wildman–Crippen MR) is 86.1 cm³/mol. The molecule has 1 saturated heterocycles. The normalized spacial score (nSPS) is 17.3. The van der Waals surface area contributed by atoms with E-state index in [1.165, 1.54) is 29.4 Å². The molecule has 2 heterocycles. The number of furan rings is 1. The molecule has 0 aliphatic carbocycles. The monoisotopic (exact) mass is 366 g/mol. The molecule has 138 valence electrons. The van der Waals surface area contributed by atoms with Gasteiger partial charge in [-0.05, 0) is 42.7 Å². The molecule has 1 atom stereocenters. The summed E-state index contributed by atoms with van der Waals surface area (Å²) in [5.74, 6) is -0.503. The number of nitrogens with zero attached hydrogens (tertiary/aromatic N) is 1. The van der Waals surface area contributed by atoms with E-state index in [2.05, 4.69) is 5.32 Å². The zero-order valence-corrected chi connectivity index (χ0v) is 13.8. The number of amides is 2. The van der Waals surface area contributed by atoms with Crippen LogP contribution in [0.2, 0.25) is 0 Å². The van der Waals surface area contributed by atoms with Crippen LogP contribution in [0.1, 0.15) is 34.5 Å². The van der Waals surface area contributed by atoms with Crippen LogP contribution in [-0.4, -0.2) is 29.3 Å². The van der Waals surface area contributed by atoms with Gasteiger partial charge in [0, 0.05) is 13.1 Å². The summed E-state index contributed by atoms with van der Waals surface area (Å²) in [4.78, 5) is 26.2. The number of likely N-dealkylation sites (tertiary alicyclic amines) is 1. The van der Waals surface area contributed by atoms with Crippen molar-refractivity contribution in [3.05, 3.63) is 59.5 Å². The number of nitrogens with one attached hydrogen (secondary N) is 1. The van der Waals surface area contributed by atoms with E-state index in [4.69, 9.17) is 4.42 Å². The Morgan fingerprint density at radius 2 is 1.92 bits per heavy atom. The average Bonchev–Trinajstić information content (AvgIpc) is 3.30. The Morgan fingerprint density at radius 1 is 1.19 bits per heavy atom. The van der Waals surface area contributed by atoms with Crippen LogP contribution in [0.5, 0.6) is 0 Å². The summed E-state index contributed by atoms with van der Waals surface area (Å²) in [7, 11) is 0. The Balaban J connectivity index is 1.60. The number of rotatable bonds is 4. The van der Waals surface area contributed by atoms with E-state index >= 15 is 0 Å². The van der Waals surface area contributed by atoms with Gasteiger partial charge in [0.15, 0.2) is 5.76 Å². The molecule has 0 bridgehead atoms. The first kappa shape index (κ1) is 18.0. The van der Waals surface area contributed by atoms with Gasteiger partial charge in [-0.3, -0.25) is 9.59 Å². The molecule has 1 aliphatic rings. The molecule has 5 nitrogen and oxygen atoms in total. The predicted octanol–water partition coefficient (Wildman–Crippen LogP) is 3.22. The summed E-state index contributed by atoms with van der Waals surface area (Å²) in [6.07, 6.45) is -1.77. The topological polar surface area (TPSA) is 62.6 Å². The van der Waals surface area contributed by atoms with Crippen molar-refractivity contribution in [2.75, 3.05) is 6.54 Å². The van der Waals surface area contributed by atoms with Crippen molar-refractivity contribution >= 4 is 11.8 Å². The quantitative estimate of drug-likeness (QED) is 0.904. The van der Waals surface area contributed by atoms with E-state index in [9.17, 15) is 22.8 Å². The molecule has 26 heavy (non-hydrogen) atoms. The second kappa shape index (κ2) is 7.23. The molecule has 0 spiro atoms. The van der Waals surface area contributed by atoms with Crippen molar-refractivity contribution in [3.8, 4) is 0 Å². The number of halogens is 3. The van der Waals surface area contributed by atoms with Gasteiger partial charge in [-0.15, -0.1) is 0 Å². The van der Waals surface area contributed by atoms with Gasteiger partial charge in [0.2, 0.25) is 5.91 Å². The molecular weight excluding hydrogens is 349 g/mol. The van der Waals surface area contributed by atoms with Crippen LogP contribution >= 0.6 is 0 Å². The molecule has 2 amide bonds. The number of hydrogen-bond acceptors (Lipinski definition) is 3. The second-order valence-corrected chi connectivity index (χ2v) is 6.05. The van der Waals surface area contributed by atoms with Gasteiger partial charge < -0.3 is 14.6 Å². The van der Waals surface area contributed by atoms with Gasteiger partial charge in [-0.2, -0.15) is 13.2 Å². The molecule has 1 fully saturated rings. The lowest BCUT2D eigenvalue weighted by Gasteiger charge is -2.23. The zero-order chi connectivity index (χ0) is 18.7. The fourth-order valence-corrected chi connectivity index (χ4v) is 2.94. The van der Waals surface area contributed by atoms with Crippen LogP contribution in [-0.2, 0) is 17.5 Å². The molecule has 1 aromatic heterocycles. The van der Waals surface area contributed by atoms with Crippen LogP contribution in [0.3, 0.4) is 0 Å². The number of carbonyl (C=O) groups excluding carboxylic acids is 2. The molecule has 0 saturated carbocycles. The Labute approximate surface area is 147 Å². The molecule has 1 unspecified atom stereocenters. The third-order valence-corrected chi connectivity index (χ3v) is 4.30. The standard InChI is InChI=1S/C18H17F3N2O3/c19-18(20,21)13-7-5-12(6-8-13)11-22-16(24)14-3-1-9-23(14)17(25)15-4-2-10-26-15/h2,4-8,10,14H,1,3,9,11H2,(H,22,24). The summed E-state index contributed by atoms with van der Waals surface area (Å²) >= 11 is 0. The minimum atomic E-state index is -4.39. The van der Waals surface area contributed by atoms with Crippen LogP contribution in [0, 0.1) is 0 Å². The molecule has 2 aromatic rings. The van der Waals surface area contributed by atoms with E-state index in [-0.39, 0.29) is 24.1 Å². The van der Waals surface area contributed by atoms with Crippen LogP contribution in [0.25, 0.3) is 0 Å². The highest BCUT2D eigenvalue weighted by Gasteiger charge is 2.35. The fourth-order valence-electron chi connectivity index (χ4n) is 2.94. The highest BCUT2D eigenvalue weighted by Crippen LogP contribution is 2.29. The fraction of sp³-hybridized carbons (Fsp3) is 0.333. The van der Waals surface area contributed by atoms with Crippen molar-refractivity contribution in [2.45, 2.75) is 31.6 Å². The van der Waals surface area contributed by atoms with E-state index in [1.54, 1.807) is 6.07 Å². The van der Waals surface area contributed by atoms with E-state index in [1.807, 2.05) is 0 Å². The van der Waals surface area contributed by atoms with Gasteiger partial charge in [0.25, 0.3) is 5.91 Å². The summed E-state index contributed by atoms with van der Waals surface area (Å²) in [6.45, 7) is 0.550. The lowest BCUT2D eigenvalue weighted by molar-refractivity contribution is -0.137. The zero-order valence-electron chi connectivity index (χ0n) is 13.8. The van der Waals surface area contributed by atoms with E-state index in [0.717, 1.165) is 12.1 Å². The lowest BCUT2D eigenvalue weighted by Crippen LogP contribution is -2.45. The SMILES string of the molecule is O=C(NCc1ccc(C(F)(F)F)cc1)C1CCCN1C(=O)c1ccco1. The average molecular weight is 366 g/mol. The molecule has 1 N–H and O–H groups in total. The Bertz CT molecular complexity index is 770. The molecule has 1 aliphatic heterocycles. The number of hydrogen-bond donors (Lipinski definition) is 1. The molecule has 8 heteroatoms. The van der Waals surface area contributed by atoms with Gasteiger partial charge >= 0.3 is 6.18 Å². The molecule has 1 aromatic carbocycles. The van der Waals surface area contributed by atoms with Gasteiger partial charge in [-0.25, -0.2) is 0 Å². The van der Waals surface area contributed by atoms with E-state index < -0.39 is 17.8 Å². The van der Waals surface area contributed by atoms with Crippen molar-refractivity contribution in [1.82, 2.24) is 10.2 Å². The largest absolute Gasteiger partial charge is 0.459 e. The Hall–Kier alpha value is -2.77. The summed E-state index contributed by atoms with van der Waals surface area (Å²) < 4.78 is 42.8. The highest BCUT2D eigenvalue weighted by atomic mass is 19.4. The van der Waals surface area contributed by atoms with Crippen molar-refractivity contribution in [2.24, 2.45) is 0 Å². The summed E-state index contributed by atoms with van der Waals surface area (Å²) in [6, 6.07) is 7.13. The second-order valence-electron chi connectivity index (χ2n) is 6.05. The minimum Gasteiger partial charge on any atom is -0.459 e. The third-order valence-electron chi connectivity index (χ3n) is 4.30. The summed E-state index contributed by atoms with van der Waals surface area (Å²) in [5.41, 5.74) is -0.188. The lowest BCUT2D eigenvalue weighted by atomic mass is 10.1. The van der Waals surface area contributed by atoms with Crippen LogP contribution in [0.4, 0.5) is 13.2 Å². The Kier molecular flexibility index (Phi) is 5.01. The van der Waals surface area contributed by atoms with Crippen molar-refractivity contribution in [3.63, 3.8) is 0 Å². The molecular formula is C18H17F3N2O3. The van der Waals surface area contributed by atoms with Gasteiger partial charge in [0.1, 0.15) is 6.04 Å². The molecule has 0 radical (unpaired) electrons. The maximum absolute atomic E-state index is 12.6. The first-order chi connectivity index (χ1) is 12.4. The van der Waals surface area contributed by atoms with Crippen molar-refractivity contribution < 1.29 is 27.2 Å². The number of alkyl halides is 3. The first-order valence-corrected chi connectivity index (χ1v) is 8.14. The smallest absolute Gasteiger partial charge is 0.416 e. The van der Waals surface area contributed by atoms with Gasteiger partial charge in [-0.1, -0.05) is 12.1 Å². The Morgan fingerprint density at radius 3 is 2.54 bits per heavy atom. The highest BCUT2D eigenvalue weighted by molar-refractivity contribution is 5.95. The number of carbonyl (C=O) groups is 2. The molecule has 3 rings (SSSR count). The minimum absolute atomic E-state index is 0.0935. The maximum Gasteiger partial charge on any atom is 0.416 e.